The molecule has 10 heteroatoms. The van der Waals surface area contributed by atoms with Crippen molar-refractivity contribution >= 4 is 15.8 Å². The maximum absolute atomic E-state index is 13.6. The van der Waals surface area contributed by atoms with E-state index in [0.29, 0.717) is 13.1 Å². The number of rotatable bonds is 7. The van der Waals surface area contributed by atoms with Gasteiger partial charge in [-0.25, -0.2) is 8.42 Å². The molecular formula is C24H28F3NO5S. The Balaban J connectivity index is 1.83. The molecular weight excluding hydrogens is 471 g/mol. The number of esters is 1. The Bertz CT molecular complexity index is 1090. The topological polar surface area (TPSA) is 72.9 Å². The van der Waals surface area contributed by atoms with Crippen molar-refractivity contribution in [3.8, 4) is 11.5 Å². The van der Waals surface area contributed by atoms with Crippen LogP contribution in [-0.2, 0) is 25.5 Å². The van der Waals surface area contributed by atoms with Crippen molar-refractivity contribution < 1.29 is 35.9 Å². The maximum Gasteiger partial charge on any atom is 0.416 e. The standard InChI is InChI=1S/C24H28F3NO5S/c1-4-32-22(29)23(13-15-28(16-14-23)17(2)3)34(30,31)21-11-9-20(10-12-21)33-19-7-5-18(6-8-19)24(25,26)27/h5-12,17H,4,13-16H2,1-3H3. The summed E-state index contributed by atoms with van der Waals surface area (Å²) >= 11 is 0. The van der Waals surface area contributed by atoms with E-state index >= 15 is 0 Å². The van der Waals surface area contributed by atoms with Crippen LogP contribution in [0.25, 0.3) is 0 Å². The molecule has 3 rings (SSSR count). The molecule has 0 aliphatic carbocycles. The number of piperidine rings is 1. The molecule has 1 heterocycles. The molecule has 6 nitrogen and oxygen atoms in total. The molecule has 1 fully saturated rings. The first kappa shape index (κ1) is 26.0. The molecule has 1 saturated heterocycles. The summed E-state index contributed by atoms with van der Waals surface area (Å²) in [6, 6.07) is 9.90. The smallest absolute Gasteiger partial charge is 0.416 e. The highest BCUT2D eigenvalue weighted by atomic mass is 32.2. The molecule has 0 unspecified atom stereocenters. The zero-order valence-electron chi connectivity index (χ0n) is 19.3. The summed E-state index contributed by atoms with van der Waals surface area (Å²) in [4.78, 5) is 15.0. The highest BCUT2D eigenvalue weighted by molar-refractivity contribution is 7.93. The first-order valence-electron chi connectivity index (χ1n) is 11.0. The first-order chi connectivity index (χ1) is 15.9. The predicted octanol–water partition coefficient (Wildman–Crippen LogP) is 5.08. The van der Waals surface area contributed by atoms with Gasteiger partial charge in [-0.1, -0.05) is 0 Å². The number of alkyl halides is 3. The van der Waals surface area contributed by atoms with Crippen LogP contribution >= 0.6 is 0 Å². The van der Waals surface area contributed by atoms with Gasteiger partial charge in [0.15, 0.2) is 14.6 Å². The van der Waals surface area contributed by atoms with Crippen LogP contribution in [0.1, 0.15) is 39.2 Å². The fraction of sp³-hybridized carbons (Fsp3) is 0.458. The van der Waals surface area contributed by atoms with Crippen molar-refractivity contribution in [3.63, 3.8) is 0 Å². The van der Waals surface area contributed by atoms with Crippen LogP contribution in [-0.4, -0.2) is 49.8 Å². The van der Waals surface area contributed by atoms with E-state index in [4.69, 9.17) is 9.47 Å². The molecule has 0 bridgehead atoms. The fourth-order valence-corrected chi connectivity index (χ4v) is 5.95. The van der Waals surface area contributed by atoms with Gasteiger partial charge < -0.3 is 14.4 Å². The number of benzene rings is 2. The lowest BCUT2D eigenvalue weighted by molar-refractivity contribution is -0.148. The minimum Gasteiger partial charge on any atom is -0.465 e. The number of hydrogen-bond donors (Lipinski definition) is 0. The number of ether oxygens (including phenoxy) is 2. The summed E-state index contributed by atoms with van der Waals surface area (Å²) in [5.74, 6) is -0.324. The van der Waals surface area contributed by atoms with E-state index in [1.54, 1.807) is 6.92 Å². The molecule has 2 aromatic rings. The average molecular weight is 500 g/mol. The number of likely N-dealkylation sites (tertiary alicyclic amines) is 1. The molecule has 0 saturated carbocycles. The quantitative estimate of drug-likeness (QED) is 0.495. The molecule has 0 N–H and O–H groups in total. The second-order valence-electron chi connectivity index (χ2n) is 8.44. The van der Waals surface area contributed by atoms with Crippen LogP contribution in [0.4, 0.5) is 13.2 Å². The van der Waals surface area contributed by atoms with Gasteiger partial charge in [0.05, 0.1) is 17.1 Å². The van der Waals surface area contributed by atoms with Gasteiger partial charge in [0.1, 0.15) is 11.5 Å². The monoisotopic (exact) mass is 499 g/mol. The Hall–Kier alpha value is -2.59. The van der Waals surface area contributed by atoms with Crippen molar-refractivity contribution in [2.45, 2.75) is 55.5 Å². The van der Waals surface area contributed by atoms with Gasteiger partial charge in [0.2, 0.25) is 0 Å². The molecule has 0 amide bonds. The van der Waals surface area contributed by atoms with E-state index in [2.05, 4.69) is 4.90 Å². The van der Waals surface area contributed by atoms with Crippen LogP contribution in [0.2, 0.25) is 0 Å². The highest BCUT2D eigenvalue weighted by Gasteiger charge is 2.54. The van der Waals surface area contributed by atoms with Crippen LogP contribution in [0, 0.1) is 0 Å². The minimum absolute atomic E-state index is 0.0432. The Morgan fingerprint density at radius 2 is 1.50 bits per heavy atom. The lowest BCUT2D eigenvalue weighted by Gasteiger charge is -2.40. The van der Waals surface area contributed by atoms with Crippen LogP contribution in [0.3, 0.4) is 0 Å². The summed E-state index contributed by atoms with van der Waals surface area (Å²) in [6.45, 7) is 6.64. The van der Waals surface area contributed by atoms with E-state index in [1.165, 1.54) is 36.4 Å². The van der Waals surface area contributed by atoms with Gasteiger partial charge in [-0.2, -0.15) is 13.2 Å². The molecule has 0 aromatic heterocycles. The van der Waals surface area contributed by atoms with Gasteiger partial charge in [-0.15, -0.1) is 0 Å². The number of halogens is 3. The van der Waals surface area contributed by atoms with Crippen LogP contribution in [0.5, 0.6) is 11.5 Å². The molecule has 1 aliphatic heterocycles. The largest absolute Gasteiger partial charge is 0.465 e. The van der Waals surface area contributed by atoms with Crippen molar-refractivity contribution in [1.29, 1.82) is 0 Å². The lowest BCUT2D eigenvalue weighted by Crippen LogP contribution is -2.56. The van der Waals surface area contributed by atoms with Gasteiger partial charge in [-0.05, 0) is 82.1 Å². The number of hydrogen-bond acceptors (Lipinski definition) is 6. The zero-order valence-corrected chi connectivity index (χ0v) is 20.1. The molecule has 0 spiro atoms. The SMILES string of the molecule is CCOC(=O)C1(S(=O)(=O)c2ccc(Oc3ccc(C(F)(F)F)cc3)cc2)CCN(C(C)C)CC1. The number of nitrogens with zero attached hydrogens (tertiary/aromatic N) is 1. The molecule has 186 valence electrons. The van der Waals surface area contributed by atoms with E-state index in [1.807, 2.05) is 13.8 Å². The third-order valence-electron chi connectivity index (χ3n) is 6.05. The molecule has 0 atom stereocenters. The van der Waals surface area contributed by atoms with E-state index in [0.717, 1.165) is 12.1 Å². The second-order valence-corrected chi connectivity index (χ2v) is 10.7. The maximum atomic E-state index is 13.6. The number of sulfone groups is 1. The normalized spacial score (nSPS) is 16.9. The fourth-order valence-electron chi connectivity index (χ4n) is 4.01. The Morgan fingerprint density at radius 1 is 1.00 bits per heavy atom. The molecule has 2 aromatic carbocycles. The van der Waals surface area contributed by atoms with E-state index in [-0.39, 0.29) is 41.9 Å². The van der Waals surface area contributed by atoms with Gasteiger partial charge in [-0.3, -0.25) is 4.79 Å². The van der Waals surface area contributed by atoms with Gasteiger partial charge >= 0.3 is 12.1 Å². The summed E-state index contributed by atoms with van der Waals surface area (Å²) in [5, 5.41) is 0. The van der Waals surface area contributed by atoms with Gasteiger partial charge in [0.25, 0.3) is 0 Å². The predicted molar refractivity (Wildman–Crippen MR) is 120 cm³/mol. The summed E-state index contributed by atoms with van der Waals surface area (Å²) in [7, 11) is -4.09. The van der Waals surface area contributed by atoms with Crippen molar-refractivity contribution in [1.82, 2.24) is 4.90 Å². The zero-order chi connectivity index (χ0) is 25.1. The Kier molecular flexibility index (Phi) is 7.62. The van der Waals surface area contributed by atoms with Crippen LogP contribution in [0.15, 0.2) is 53.4 Å². The Labute approximate surface area is 197 Å². The average Bonchev–Trinajstić information content (AvgIpc) is 2.79. The third kappa shape index (κ3) is 5.22. The first-order valence-corrected chi connectivity index (χ1v) is 12.5. The van der Waals surface area contributed by atoms with Crippen molar-refractivity contribution in [2.75, 3.05) is 19.7 Å². The van der Waals surface area contributed by atoms with Crippen molar-refractivity contribution in [2.24, 2.45) is 0 Å². The van der Waals surface area contributed by atoms with E-state index in [9.17, 15) is 26.4 Å². The highest BCUT2D eigenvalue weighted by Crippen LogP contribution is 2.38. The summed E-state index contributed by atoms with van der Waals surface area (Å²) in [6.07, 6.45) is -4.21. The van der Waals surface area contributed by atoms with Crippen molar-refractivity contribution in [3.05, 3.63) is 54.1 Å². The number of carbonyl (C=O) groups excluding carboxylic acids is 1. The summed E-state index contributed by atoms with van der Waals surface area (Å²) in [5.41, 5.74) is -0.797. The molecule has 34 heavy (non-hydrogen) atoms. The molecule has 1 aliphatic rings. The Morgan fingerprint density at radius 3 is 1.94 bits per heavy atom. The number of carbonyl (C=O) groups is 1. The molecule has 0 radical (unpaired) electrons. The van der Waals surface area contributed by atoms with E-state index < -0.39 is 32.3 Å². The van der Waals surface area contributed by atoms with Gasteiger partial charge in [0, 0.05) is 19.1 Å². The second kappa shape index (κ2) is 9.95. The lowest BCUT2D eigenvalue weighted by atomic mass is 9.95. The van der Waals surface area contributed by atoms with Crippen LogP contribution < -0.4 is 4.74 Å². The summed E-state index contributed by atoms with van der Waals surface area (Å²) < 4.78 is 74.5. The third-order valence-corrected chi connectivity index (χ3v) is 8.55. The minimum atomic E-state index is -4.45.